The van der Waals surface area contributed by atoms with Crippen LogP contribution in [0.4, 0.5) is 5.69 Å². The Bertz CT molecular complexity index is 514. The van der Waals surface area contributed by atoms with Crippen LogP contribution in [0.1, 0.15) is 43.5 Å². The molecule has 1 aliphatic rings. The Balaban J connectivity index is 2.11. The predicted octanol–water partition coefficient (Wildman–Crippen LogP) is 2.04. The number of nitrogen functional groups attached to an aromatic ring is 1. The molecule has 2 rings (SSSR count). The van der Waals surface area contributed by atoms with Gasteiger partial charge in [-0.05, 0) is 51.3 Å². The zero-order chi connectivity index (χ0) is 15.5. The van der Waals surface area contributed by atoms with Gasteiger partial charge in [0.05, 0.1) is 17.9 Å². The minimum atomic E-state index is -0.674. The van der Waals surface area contributed by atoms with E-state index in [4.69, 9.17) is 10.5 Å². The quantitative estimate of drug-likeness (QED) is 0.836. The third kappa shape index (κ3) is 3.88. The van der Waals surface area contributed by atoms with E-state index in [1.807, 2.05) is 13.8 Å². The Hall–Kier alpha value is -1.75. The van der Waals surface area contributed by atoms with E-state index < -0.39 is 5.60 Å². The van der Waals surface area contributed by atoms with E-state index in [0.29, 0.717) is 43.1 Å². The van der Waals surface area contributed by atoms with Crippen molar-refractivity contribution in [1.29, 1.82) is 0 Å². The van der Waals surface area contributed by atoms with E-state index in [9.17, 15) is 9.90 Å². The fraction of sp³-hybridized carbons (Fsp3) is 0.562. The van der Waals surface area contributed by atoms with Gasteiger partial charge in [0.25, 0.3) is 5.91 Å². The molecule has 1 amide bonds. The third-order valence-electron chi connectivity index (χ3n) is 3.91. The summed E-state index contributed by atoms with van der Waals surface area (Å²) in [6.45, 7) is 5.50. The van der Waals surface area contributed by atoms with Gasteiger partial charge in [0.15, 0.2) is 0 Å². The van der Waals surface area contributed by atoms with Crippen molar-refractivity contribution in [1.82, 2.24) is 4.90 Å². The van der Waals surface area contributed by atoms with Crippen molar-refractivity contribution in [3.63, 3.8) is 0 Å². The number of nitrogens with two attached hydrogens (primary N) is 1. The zero-order valence-electron chi connectivity index (χ0n) is 12.8. The molecule has 0 aromatic heterocycles. The molecular weight excluding hydrogens is 268 g/mol. The molecule has 1 heterocycles. The number of rotatable bonds is 3. The summed E-state index contributed by atoms with van der Waals surface area (Å²) in [6, 6.07) is 5.14. The highest BCUT2D eigenvalue weighted by molar-refractivity contribution is 5.95. The molecule has 21 heavy (non-hydrogen) atoms. The van der Waals surface area contributed by atoms with Crippen molar-refractivity contribution in [3.05, 3.63) is 23.8 Å². The first-order valence-electron chi connectivity index (χ1n) is 7.47. The maximum Gasteiger partial charge on any atom is 0.253 e. The molecule has 116 valence electrons. The average Bonchev–Trinajstić information content (AvgIpc) is 2.61. The van der Waals surface area contributed by atoms with E-state index in [-0.39, 0.29) is 5.91 Å². The van der Waals surface area contributed by atoms with Gasteiger partial charge >= 0.3 is 0 Å². The first kappa shape index (κ1) is 15.6. The standard InChI is InChI=1S/C16H24N2O3/c1-3-21-14-6-5-12(11-13(14)17)15(19)18-9-4-7-16(2,20)8-10-18/h5-6,11,20H,3-4,7-10,17H2,1-2H3. The number of anilines is 1. The fourth-order valence-electron chi connectivity index (χ4n) is 2.62. The van der Waals surface area contributed by atoms with Gasteiger partial charge in [-0.3, -0.25) is 4.79 Å². The molecule has 0 radical (unpaired) electrons. The van der Waals surface area contributed by atoms with Gasteiger partial charge in [0.1, 0.15) is 5.75 Å². The molecule has 3 N–H and O–H groups in total. The second-order valence-corrected chi connectivity index (χ2v) is 5.83. The maximum atomic E-state index is 12.5. The molecular formula is C16H24N2O3. The van der Waals surface area contributed by atoms with Crippen molar-refractivity contribution >= 4 is 11.6 Å². The van der Waals surface area contributed by atoms with E-state index in [0.717, 1.165) is 12.8 Å². The number of nitrogens with zero attached hydrogens (tertiary/aromatic N) is 1. The topological polar surface area (TPSA) is 75.8 Å². The minimum absolute atomic E-state index is 0.0394. The summed E-state index contributed by atoms with van der Waals surface area (Å²) in [4.78, 5) is 14.3. The van der Waals surface area contributed by atoms with Crippen molar-refractivity contribution in [3.8, 4) is 5.75 Å². The van der Waals surface area contributed by atoms with Crippen molar-refractivity contribution < 1.29 is 14.6 Å². The van der Waals surface area contributed by atoms with Crippen LogP contribution < -0.4 is 10.5 Å². The lowest BCUT2D eigenvalue weighted by molar-refractivity contribution is 0.0438. The predicted molar refractivity (Wildman–Crippen MR) is 82.4 cm³/mol. The molecule has 1 saturated heterocycles. The first-order chi connectivity index (χ1) is 9.93. The Morgan fingerprint density at radius 2 is 2.19 bits per heavy atom. The van der Waals surface area contributed by atoms with Crippen molar-refractivity contribution in [2.45, 2.75) is 38.7 Å². The number of aliphatic hydroxyl groups is 1. The van der Waals surface area contributed by atoms with Gasteiger partial charge in [0, 0.05) is 18.7 Å². The molecule has 0 bridgehead atoms. The minimum Gasteiger partial charge on any atom is -0.492 e. The lowest BCUT2D eigenvalue weighted by Crippen LogP contribution is -2.33. The second-order valence-electron chi connectivity index (χ2n) is 5.83. The van der Waals surface area contributed by atoms with E-state index >= 15 is 0 Å². The van der Waals surface area contributed by atoms with Crippen molar-refractivity contribution in [2.24, 2.45) is 0 Å². The number of amides is 1. The highest BCUT2D eigenvalue weighted by Crippen LogP contribution is 2.25. The van der Waals surface area contributed by atoms with Crippen LogP contribution in [-0.4, -0.2) is 41.2 Å². The monoisotopic (exact) mass is 292 g/mol. The zero-order valence-corrected chi connectivity index (χ0v) is 12.8. The molecule has 1 atom stereocenters. The van der Waals surface area contributed by atoms with Crippen LogP contribution in [-0.2, 0) is 0 Å². The Morgan fingerprint density at radius 3 is 2.86 bits per heavy atom. The largest absolute Gasteiger partial charge is 0.492 e. The van der Waals surface area contributed by atoms with Crippen LogP contribution in [0.2, 0.25) is 0 Å². The highest BCUT2D eigenvalue weighted by atomic mass is 16.5. The Morgan fingerprint density at radius 1 is 1.43 bits per heavy atom. The maximum absolute atomic E-state index is 12.5. The number of carbonyl (C=O) groups excluding carboxylic acids is 1. The summed E-state index contributed by atoms with van der Waals surface area (Å²) in [5, 5.41) is 10.1. The molecule has 0 spiro atoms. The number of likely N-dealkylation sites (tertiary alicyclic amines) is 1. The summed E-state index contributed by atoms with van der Waals surface area (Å²) in [5.41, 5.74) is 6.28. The molecule has 0 aliphatic carbocycles. The Labute approximate surface area is 125 Å². The van der Waals surface area contributed by atoms with Crippen LogP contribution in [0.25, 0.3) is 0 Å². The summed E-state index contributed by atoms with van der Waals surface area (Å²) >= 11 is 0. The van der Waals surface area contributed by atoms with Gasteiger partial charge in [-0.2, -0.15) is 0 Å². The smallest absolute Gasteiger partial charge is 0.253 e. The average molecular weight is 292 g/mol. The summed E-state index contributed by atoms with van der Waals surface area (Å²) in [5.74, 6) is 0.565. The van der Waals surface area contributed by atoms with Gasteiger partial charge in [0.2, 0.25) is 0 Å². The number of benzene rings is 1. The normalized spacial score (nSPS) is 22.7. The Kier molecular flexibility index (Phi) is 4.73. The van der Waals surface area contributed by atoms with Gasteiger partial charge in [-0.25, -0.2) is 0 Å². The highest BCUT2D eigenvalue weighted by Gasteiger charge is 2.27. The second kappa shape index (κ2) is 6.35. The van der Waals surface area contributed by atoms with Crippen LogP contribution in [0.3, 0.4) is 0 Å². The molecule has 1 aromatic carbocycles. The summed E-state index contributed by atoms with van der Waals surface area (Å²) in [7, 11) is 0. The van der Waals surface area contributed by atoms with Gasteiger partial charge in [-0.1, -0.05) is 0 Å². The number of hydrogen-bond donors (Lipinski definition) is 2. The molecule has 5 nitrogen and oxygen atoms in total. The molecule has 0 saturated carbocycles. The number of carbonyl (C=O) groups is 1. The van der Waals surface area contributed by atoms with Crippen LogP contribution >= 0.6 is 0 Å². The van der Waals surface area contributed by atoms with Crippen LogP contribution in [0, 0.1) is 0 Å². The van der Waals surface area contributed by atoms with E-state index in [1.165, 1.54) is 0 Å². The molecule has 5 heteroatoms. The van der Waals surface area contributed by atoms with E-state index in [2.05, 4.69) is 0 Å². The SMILES string of the molecule is CCOc1ccc(C(=O)N2CCCC(C)(O)CC2)cc1N. The van der Waals surface area contributed by atoms with E-state index in [1.54, 1.807) is 23.1 Å². The first-order valence-corrected chi connectivity index (χ1v) is 7.47. The lowest BCUT2D eigenvalue weighted by atomic mass is 9.98. The summed E-state index contributed by atoms with van der Waals surface area (Å²) < 4.78 is 5.38. The van der Waals surface area contributed by atoms with Gasteiger partial charge in [-0.15, -0.1) is 0 Å². The summed E-state index contributed by atoms with van der Waals surface area (Å²) in [6.07, 6.45) is 2.14. The number of hydrogen-bond acceptors (Lipinski definition) is 4. The molecule has 1 fully saturated rings. The third-order valence-corrected chi connectivity index (χ3v) is 3.91. The number of ether oxygens (including phenoxy) is 1. The fourth-order valence-corrected chi connectivity index (χ4v) is 2.62. The molecule has 1 aliphatic heterocycles. The van der Waals surface area contributed by atoms with Crippen LogP contribution in [0.15, 0.2) is 18.2 Å². The van der Waals surface area contributed by atoms with Crippen molar-refractivity contribution in [2.75, 3.05) is 25.4 Å². The lowest BCUT2D eigenvalue weighted by Gasteiger charge is -2.23. The molecule has 1 unspecified atom stereocenters. The van der Waals surface area contributed by atoms with Gasteiger partial charge < -0.3 is 20.5 Å². The van der Waals surface area contributed by atoms with Crippen LogP contribution in [0.5, 0.6) is 5.75 Å². The molecule has 1 aromatic rings.